The fraction of sp³-hybridized carbons (Fsp3) is 0.208. The van der Waals surface area contributed by atoms with Gasteiger partial charge in [-0.15, -0.1) is 0 Å². The van der Waals surface area contributed by atoms with Gasteiger partial charge in [-0.2, -0.15) is 0 Å². The van der Waals surface area contributed by atoms with E-state index in [1.54, 1.807) is 23.3 Å². The van der Waals surface area contributed by atoms with E-state index < -0.39 is 34.2 Å². The number of nitro groups is 1. The molecule has 0 unspecified atom stereocenters. The fourth-order valence-electron chi connectivity index (χ4n) is 4.08. The summed E-state index contributed by atoms with van der Waals surface area (Å²) in [4.78, 5) is 42.0. The van der Waals surface area contributed by atoms with Crippen molar-refractivity contribution in [2.75, 3.05) is 13.7 Å². The van der Waals surface area contributed by atoms with Gasteiger partial charge in [0.05, 0.1) is 30.0 Å². The highest BCUT2D eigenvalue weighted by molar-refractivity contribution is 6.46. The van der Waals surface area contributed by atoms with E-state index in [1.165, 1.54) is 48.4 Å². The monoisotopic (exact) mass is 480 g/mol. The molecule has 0 spiro atoms. The Morgan fingerprint density at radius 3 is 2.69 bits per heavy atom. The first-order valence-corrected chi connectivity index (χ1v) is 10.6. The van der Waals surface area contributed by atoms with Gasteiger partial charge < -0.3 is 19.3 Å². The first kappa shape index (κ1) is 23.6. The Labute approximate surface area is 199 Å². The summed E-state index contributed by atoms with van der Waals surface area (Å²) >= 11 is 0. The van der Waals surface area contributed by atoms with Crippen LogP contribution >= 0.6 is 0 Å². The molecule has 2 heterocycles. The second kappa shape index (κ2) is 9.75. The number of aliphatic hydroxyl groups is 1. The molecular weight excluding hydrogens is 459 g/mol. The standard InChI is InChI=1S/C24H21FN4O6/c1-35-19-7-6-16(13-18(19)25)22(30)20-21(15-4-2-5-17(12-15)29(33)34)28(24(32)23(20)31)10-3-9-27-11-8-26-14-27/h2,4-8,11-14,21,30H,3,9-10H2,1H3/t21-/m0/s1. The van der Waals surface area contributed by atoms with Crippen LogP contribution in [0.15, 0.2) is 66.8 Å². The highest BCUT2D eigenvalue weighted by atomic mass is 19.1. The molecule has 1 fully saturated rings. The number of nitro benzene ring substituents is 1. The van der Waals surface area contributed by atoms with Gasteiger partial charge in [-0.05, 0) is 30.2 Å². The summed E-state index contributed by atoms with van der Waals surface area (Å²) in [7, 11) is 1.29. The van der Waals surface area contributed by atoms with Crippen molar-refractivity contribution in [3.63, 3.8) is 0 Å². The minimum atomic E-state index is -1.09. The normalized spacial score (nSPS) is 17.1. The van der Waals surface area contributed by atoms with E-state index in [9.17, 15) is 29.2 Å². The number of likely N-dealkylation sites (tertiary alicyclic amines) is 1. The van der Waals surface area contributed by atoms with E-state index in [2.05, 4.69) is 4.98 Å². The molecule has 4 rings (SSSR count). The molecule has 1 amide bonds. The average molecular weight is 480 g/mol. The summed E-state index contributed by atoms with van der Waals surface area (Å²) in [5.41, 5.74) is -0.267. The van der Waals surface area contributed by atoms with Gasteiger partial charge in [-0.1, -0.05) is 12.1 Å². The lowest BCUT2D eigenvalue weighted by molar-refractivity contribution is -0.384. The molecule has 1 N–H and O–H groups in total. The van der Waals surface area contributed by atoms with Gasteiger partial charge in [0.1, 0.15) is 5.76 Å². The highest BCUT2D eigenvalue weighted by Crippen LogP contribution is 2.40. The largest absolute Gasteiger partial charge is 0.507 e. The van der Waals surface area contributed by atoms with Crippen LogP contribution in [0.2, 0.25) is 0 Å². The Morgan fingerprint density at radius 2 is 2.03 bits per heavy atom. The minimum absolute atomic E-state index is 0.0323. The molecule has 1 aliphatic heterocycles. The number of halogens is 1. The topological polar surface area (TPSA) is 128 Å². The van der Waals surface area contributed by atoms with Crippen LogP contribution in [0, 0.1) is 15.9 Å². The molecule has 0 saturated carbocycles. The Morgan fingerprint density at radius 1 is 1.23 bits per heavy atom. The highest BCUT2D eigenvalue weighted by Gasteiger charge is 2.46. The van der Waals surface area contributed by atoms with Crippen molar-refractivity contribution >= 4 is 23.1 Å². The zero-order valence-electron chi connectivity index (χ0n) is 18.6. The number of carbonyl (C=O) groups excluding carboxylic acids is 2. The van der Waals surface area contributed by atoms with Gasteiger partial charge >= 0.3 is 0 Å². The second-order valence-corrected chi connectivity index (χ2v) is 7.85. The predicted molar refractivity (Wildman–Crippen MR) is 122 cm³/mol. The number of hydrogen-bond donors (Lipinski definition) is 1. The Kier molecular flexibility index (Phi) is 6.58. The number of aryl methyl sites for hydroxylation is 1. The van der Waals surface area contributed by atoms with E-state index in [1.807, 2.05) is 0 Å². The maximum absolute atomic E-state index is 14.3. The Hall–Kier alpha value is -4.54. The molecule has 0 aliphatic carbocycles. The lowest BCUT2D eigenvalue weighted by Crippen LogP contribution is -2.31. The van der Waals surface area contributed by atoms with Crippen molar-refractivity contribution in [2.45, 2.75) is 19.0 Å². The van der Waals surface area contributed by atoms with Gasteiger partial charge in [-0.3, -0.25) is 19.7 Å². The molecule has 3 aromatic rings. The lowest BCUT2D eigenvalue weighted by Gasteiger charge is -2.25. The third kappa shape index (κ3) is 4.60. The number of nitrogens with zero attached hydrogens (tertiary/aromatic N) is 4. The molecule has 1 aliphatic rings. The van der Waals surface area contributed by atoms with Crippen LogP contribution in [0.1, 0.15) is 23.6 Å². The summed E-state index contributed by atoms with van der Waals surface area (Å²) in [6.45, 7) is 0.637. The van der Waals surface area contributed by atoms with E-state index in [4.69, 9.17) is 4.74 Å². The third-order valence-corrected chi connectivity index (χ3v) is 5.74. The maximum atomic E-state index is 14.3. The van der Waals surface area contributed by atoms with Crippen molar-refractivity contribution in [1.82, 2.24) is 14.5 Å². The van der Waals surface area contributed by atoms with Gasteiger partial charge in [0.25, 0.3) is 17.4 Å². The third-order valence-electron chi connectivity index (χ3n) is 5.74. The molecule has 1 atom stereocenters. The van der Waals surface area contributed by atoms with Gasteiger partial charge in [0.2, 0.25) is 0 Å². The van der Waals surface area contributed by atoms with Gasteiger partial charge in [0, 0.05) is 43.2 Å². The van der Waals surface area contributed by atoms with Gasteiger partial charge in [0.15, 0.2) is 11.6 Å². The van der Waals surface area contributed by atoms with Crippen LogP contribution in [0.3, 0.4) is 0 Å². The second-order valence-electron chi connectivity index (χ2n) is 7.85. The Bertz CT molecular complexity index is 1320. The molecule has 35 heavy (non-hydrogen) atoms. The molecule has 1 saturated heterocycles. The van der Waals surface area contributed by atoms with Gasteiger partial charge in [-0.25, -0.2) is 9.37 Å². The molecular formula is C24H21FN4O6. The Balaban J connectivity index is 1.78. The van der Waals surface area contributed by atoms with E-state index >= 15 is 0 Å². The molecule has 1 aromatic heterocycles. The molecule has 0 radical (unpaired) electrons. The van der Waals surface area contributed by atoms with Crippen molar-refractivity contribution in [2.24, 2.45) is 0 Å². The summed E-state index contributed by atoms with van der Waals surface area (Å²) in [6.07, 6.45) is 5.43. The number of ether oxygens (including phenoxy) is 1. The number of ketones is 1. The molecule has 2 aromatic carbocycles. The number of aliphatic hydroxyl groups excluding tert-OH is 1. The molecule has 180 valence electrons. The number of non-ortho nitro benzene ring substituents is 1. The summed E-state index contributed by atoms with van der Waals surface area (Å²) in [5, 5.41) is 22.4. The van der Waals surface area contributed by atoms with Crippen molar-refractivity contribution in [1.29, 1.82) is 0 Å². The van der Waals surface area contributed by atoms with Crippen molar-refractivity contribution in [3.8, 4) is 5.75 Å². The van der Waals surface area contributed by atoms with Crippen LogP contribution in [-0.4, -0.2) is 49.8 Å². The van der Waals surface area contributed by atoms with E-state index in [-0.39, 0.29) is 34.7 Å². The first-order valence-electron chi connectivity index (χ1n) is 10.6. The first-order chi connectivity index (χ1) is 16.8. The number of carbonyl (C=O) groups is 2. The number of imidazole rings is 1. The van der Waals surface area contributed by atoms with Crippen molar-refractivity contribution in [3.05, 3.63) is 93.8 Å². The summed E-state index contributed by atoms with van der Waals surface area (Å²) in [6, 6.07) is 8.05. The number of methoxy groups -OCH3 is 1. The summed E-state index contributed by atoms with van der Waals surface area (Å²) < 4.78 is 21.0. The van der Waals surface area contributed by atoms with Crippen LogP contribution in [0.5, 0.6) is 5.75 Å². The number of hydrogen-bond acceptors (Lipinski definition) is 7. The van der Waals surface area contributed by atoms with Crippen LogP contribution < -0.4 is 4.74 Å². The number of Topliss-reactive ketones (excluding diaryl/α,β-unsaturated/α-hetero) is 1. The average Bonchev–Trinajstić information content (AvgIpc) is 3.46. The van der Waals surface area contributed by atoms with Crippen LogP contribution in [0.4, 0.5) is 10.1 Å². The number of amides is 1. The molecule has 0 bridgehead atoms. The van der Waals surface area contributed by atoms with Crippen LogP contribution in [-0.2, 0) is 16.1 Å². The smallest absolute Gasteiger partial charge is 0.295 e. The number of benzene rings is 2. The molecule has 11 heteroatoms. The minimum Gasteiger partial charge on any atom is -0.507 e. The van der Waals surface area contributed by atoms with Crippen molar-refractivity contribution < 1.29 is 28.7 Å². The predicted octanol–water partition coefficient (Wildman–Crippen LogP) is 3.45. The quantitative estimate of drug-likeness (QED) is 0.172. The summed E-state index contributed by atoms with van der Waals surface area (Å²) in [5.74, 6) is -3.23. The van der Waals surface area contributed by atoms with Crippen LogP contribution in [0.25, 0.3) is 5.76 Å². The maximum Gasteiger partial charge on any atom is 0.295 e. The number of aromatic nitrogens is 2. The molecule has 10 nitrogen and oxygen atoms in total. The van der Waals surface area contributed by atoms with E-state index in [0.717, 1.165) is 6.07 Å². The lowest BCUT2D eigenvalue weighted by atomic mass is 9.95. The SMILES string of the molecule is COc1ccc(C(O)=C2C(=O)C(=O)N(CCCn3ccnc3)[C@H]2c2cccc([N+](=O)[O-])c2)cc1F. The fourth-order valence-corrected chi connectivity index (χ4v) is 4.08. The zero-order chi connectivity index (χ0) is 25.1. The zero-order valence-corrected chi connectivity index (χ0v) is 18.6. The number of rotatable bonds is 8. The van der Waals surface area contributed by atoms with E-state index in [0.29, 0.717) is 13.0 Å².